The molecule has 0 aliphatic rings. The summed E-state index contributed by atoms with van der Waals surface area (Å²) in [5, 5.41) is 9.84. The lowest BCUT2D eigenvalue weighted by Crippen LogP contribution is -2.39. The maximum atomic E-state index is 5.63. The van der Waals surface area contributed by atoms with Crippen molar-refractivity contribution >= 4 is 41.3 Å². The van der Waals surface area contributed by atoms with E-state index in [0.717, 1.165) is 36.8 Å². The molecule has 0 saturated heterocycles. The Kier molecular flexibility index (Phi) is 10.4. The number of benzene rings is 1. The molecule has 1 aromatic heterocycles. The molecule has 0 saturated carbocycles. The van der Waals surface area contributed by atoms with Gasteiger partial charge in [-0.2, -0.15) is 0 Å². The number of hydrogen-bond acceptors (Lipinski definition) is 4. The van der Waals surface area contributed by atoms with E-state index >= 15 is 0 Å². The summed E-state index contributed by atoms with van der Waals surface area (Å²) < 4.78 is 5.63. The number of thiazole rings is 1. The molecule has 2 N–H and O–H groups in total. The Balaban J connectivity index is 0.00000288. The number of halogens is 1. The fourth-order valence-electron chi connectivity index (χ4n) is 2.04. The van der Waals surface area contributed by atoms with Gasteiger partial charge in [0.2, 0.25) is 0 Å². The highest BCUT2D eigenvalue weighted by Gasteiger charge is 2.00. The minimum atomic E-state index is 0. The number of aromatic nitrogens is 1. The summed E-state index contributed by atoms with van der Waals surface area (Å²) in [6, 6.07) is 9.81. The van der Waals surface area contributed by atoms with E-state index in [0.29, 0.717) is 13.2 Å². The van der Waals surface area contributed by atoms with Crippen LogP contribution in [0.4, 0.5) is 0 Å². The molecule has 0 aliphatic carbocycles. The first kappa shape index (κ1) is 20.7. The van der Waals surface area contributed by atoms with Gasteiger partial charge in [0.15, 0.2) is 5.96 Å². The minimum absolute atomic E-state index is 0. The molecule has 24 heavy (non-hydrogen) atoms. The third-order valence-corrected chi connectivity index (χ3v) is 4.18. The lowest BCUT2D eigenvalue weighted by atomic mass is 10.3. The van der Waals surface area contributed by atoms with Crippen LogP contribution in [0.25, 0.3) is 0 Å². The molecule has 5 nitrogen and oxygen atoms in total. The zero-order valence-corrected chi connectivity index (χ0v) is 17.3. The number of ether oxygens (including phenoxy) is 1. The van der Waals surface area contributed by atoms with Crippen molar-refractivity contribution in [3.63, 3.8) is 0 Å². The average Bonchev–Trinajstić information content (AvgIpc) is 2.99. The van der Waals surface area contributed by atoms with Crippen molar-refractivity contribution in [3.05, 3.63) is 46.4 Å². The Morgan fingerprint density at radius 1 is 1.21 bits per heavy atom. The summed E-state index contributed by atoms with van der Waals surface area (Å²) in [4.78, 5) is 8.67. The summed E-state index contributed by atoms with van der Waals surface area (Å²) in [7, 11) is 1.78. The molecule has 0 atom stereocenters. The van der Waals surface area contributed by atoms with Crippen LogP contribution in [-0.4, -0.2) is 37.7 Å². The van der Waals surface area contributed by atoms with E-state index < -0.39 is 0 Å². The largest absolute Gasteiger partial charge is 0.492 e. The molecule has 2 aromatic rings. The molecule has 0 amide bonds. The van der Waals surface area contributed by atoms with Gasteiger partial charge in [-0.1, -0.05) is 18.2 Å². The van der Waals surface area contributed by atoms with E-state index in [1.807, 2.05) is 37.3 Å². The fourth-order valence-corrected chi connectivity index (χ4v) is 2.86. The predicted octanol–water partition coefficient (Wildman–Crippen LogP) is 3.25. The van der Waals surface area contributed by atoms with E-state index in [1.54, 1.807) is 18.4 Å². The van der Waals surface area contributed by atoms with Crippen LogP contribution in [0.1, 0.15) is 17.1 Å². The lowest BCUT2D eigenvalue weighted by molar-refractivity contribution is 0.322. The molecule has 0 aliphatic heterocycles. The van der Waals surface area contributed by atoms with Gasteiger partial charge in [-0.3, -0.25) is 4.99 Å². The van der Waals surface area contributed by atoms with E-state index in [-0.39, 0.29) is 24.0 Å². The Bertz CT molecular complexity index is 604. The number of nitrogens with one attached hydrogen (secondary N) is 2. The standard InChI is InChI=1S/C17H24N4OS.HI/c1-14-13-23-16(21-14)9-6-10-19-17(18-2)20-11-12-22-15-7-4-3-5-8-15;/h3-5,7-8,13H,6,9-12H2,1-2H3,(H2,18,19,20);1H. The Labute approximate surface area is 165 Å². The van der Waals surface area contributed by atoms with E-state index in [2.05, 4.69) is 26.0 Å². The molecule has 1 aromatic carbocycles. The summed E-state index contributed by atoms with van der Waals surface area (Å²) in [6.45, 7) is 4.21. The first-order chi connectivity index (χ1) is 11.3. The van der Waals surface area contributed by atoms with Gasteiger partial charge in [-0.25, -0.2) is 4.98 Å². The van der Waals surface area contributed by atoms with Gasteiger partial charge in [-0.05, 0) is 25.5 Å². The Hall–Kier alpha value is -1.35. The van der Waals surface area contributed by atoms with Gasteiger partial charge in [0.1, 0.15) is 12.4 Å². The van der Waals surface area contributed by atoms with Gasteiger partial charge in [0.25, 0.3) is 0 Å². The highest BCUT2D eigenvalue weighted by molar-refractivity contribution is 14.0. The van der Waals surface area contributed by atoms with Crippen molar-refractivity contribution in [1.29, 1.82) is 0 Å². The average molecular weight is 460 g/mol. The second-order valence-corrected chi connectivity index (χ2v) is 6.02. The van der Waals surface area contributed by atoms with Crippen molar-refractivity contribution in [3.8, 4) is 5.75 Å². The van der Waals surface area contributed by atoms with Crippen LogP contribution in [0.3, 0.4) is 0 Å². The zero-order chi connectivity index (χ0) is 16.3. The molecule has 1 heterocycles. The number of hydrogen-bond donors (Lipinski definition) is 2. The first-order valence-corrected chi connectivity index (χ1v) is 8.69. The van der Waals surface area contributed by atoms with Crippen molar-refractivity contribution < 1.29 is 4.74 Å². The van der Waals surface area contributed by atoms with Gasteiger partial charge in [0.05, 0.1) is 11.6 Å². The predicted molar refractivity (Wildman–Crippen MR) is 112 cm³/mol. The molecule has 0 unspecified atom stereocenters. The van der Waals surface area contributed by atoms with Crippen molar-refractivity contribution in [1.82, 2.24) is 15.6 Å². The summed E-state index contributed by atoms with van der Waals surface area (Å²) in [6.07, 6.45) is 2.04. The van der Waals surface area contributed by atoms with Crippen LogP contribution < -0.4 is 15.4 Å². The number of guanidine groups is 1. The molecule has 0 spiro atoms. The summed E-state index contributed by atoms with van der Waals surface area (Å²) >= 11 is 1.73. The molecule has 0 bridgehead atoms. The zero-order valence-electron chi connectivity index (χ0n) is 14.1. The monoisotopic (exact) mass is 460 g/mol. The van der Waals surface area contributed by atoms with Gasteiger partial charge >= 0.3 is 0 Å². The fraction of sp³-hybridized carbons (Fsp3) is 0.412. The van der Waals surface area contributed by atoms with Gasteiger partial charge in [-0.15, -0.1) is 35.3 Å². The third-order valence-electron chi connectivity index (χ3n) is 3.16. The van der Waals surface area contributed by atoms with E-state index in [1.165, 1.54) is 5.01 Å². The molecular formula is C17H25IN4OS. The first-order valence-electron chi connectivity index (χ1n) is 7.81. The lowest BCUT2D eigenvalue weighted by Gasteiger charge is -2.12. The number of para-hydroxylation sites is 1. The Morgan fingerprint density at radius 3 is 2.62 bits per heavy atom. The van der Waals surface area contributed by atoms with E-state index in [9.17, 15) is 0 Å². The molecule has 132 valence electrons. The van der Waals surface area contributed by atoms with Crippen LogP contribution in [0.2, 0.25) is 0 Å². The molecule has 0 fully saturated rings. The maximum Gasteiger partial charge on any atom is 0.191 e. The highest BCUT2D eigenvalue weighted by Crippen LogP contribution is 2.10. The van der Waals surface area contributed by atoms with Crippen molar-refractivity contribution in [2.75, 3.05) is 26.7 Å². The normalized spacial score (nSPS) is 10.8. The number of aliphatic imine (C=N–C) groups is 1. The number of aryl methyl sites for hydroxylation is 2. The van der Waals surface area contributed by atoms with Gasteiger partial charge < -0.3 is 15.4 Å². The SMILES string of the molecule is CN=C(NCCCc1nc(C)cs1)NCCOc1ccccc1.I. The molecule has 0 radical (unpaired) electrons. The van der Waals surface area contributed by atoms with Crippen molar-refractivity contribution in [2.24, 2.45) is 4.99 Å². The van der Waals surface area contributed by atoms with Crippen LogP contribution >= 0.6 is 35.3 Å². The van der Waals surface area contributed by atoms with Crippen LogP contribution in [0, 0.1) is 6.92 Å². The smallest absolute Gasteiger partial charge is 0.191 e. The molecule has 7 heteroatoms. The Morgan fingerprint density at radius 2 is 1.96 bits per heavy atom. The third kappa shape index (κ3) is 7.96. The van der Waals surface area contributed by atoms with Crippen LogP contribution in [0.15, 0.2) is 40.7 Å². The molecular weight excluding hydrogens is 435 g/mol. The maximum absolute atomic E-state index is 5.63. The topological polar surface area (TPSA) is 58.5 Å². The summed E-state index contributed by atoms with van der Waals surface area (Å²) in [5.74, 6) is 1.69. The summed E-state index contributed by atoms with van der Waals surface area (Å²) in [5.41, 5.74) is 1.11. The van der Waals surface area contributed by atoms with Gasteiger partial charge in [0, 0.05) is 31.1 Å². The molecule has 2 rings (SSSR count). The van der Waals surface area contributed by atoms with Crippen LogP contribution in [0.5, 0.6) is 5.75 Å². The second-order valence-electron chi connectivity index (χ2n) is 5.07. The second kappa shape index (κ2) is 12.1. The highest BCUT2D eigenvalue weighted by atomic mass is 127. The number of rotatable bonds is 8. The van der Waals surface area contributed by atoms with Crippen molar-refractivity contribution in [2.45, 2.75) is 19.8 Å². The quantitative estimate of drug-likeness (QED) is 0.275. The van der Waals surface area contributed by atoms with E-state index in [4.69, 9.17) is 4.74 Å². The minimum Gasteiger partial charge on any atom is -0.492 e. The van der Waals surface area contributed by atoms with Crippen LogP contribution in [-0.2, 0) is 6.42 Å². The number of nitrogens with zero attached hydrogens (tertiary/aromatic N) is 2.